The van der Waals surface area contributed by atoms with Crippen LogP contribution in [0.25, 0.3) is 0 Å². The number of amides is 2. The van der Waals surface area contributed by atoms with E-state index in [0.29, 0.717) is 19.6 Å². The number of hydrogen-bond donors (Lipinski definition) is 0. The largest absolute Gasteiger partial charge is 0.338 e. The van der Waals surface area contributed by atoms with E-state index >= 15 is 0 Å². The molecule has 1 saturated heterocycles. The van der Waals surface area contributed by atoms with E-state index in [-0.39, 0.29) is 23.8 Å². The van der Waals surface area contributed by atoms with E-state index in [1.165, 1.54) is 0 Å². The molecule has 28 heavy (non-hydrogen) atoms. The van der Waals surface area contributed by atoms with Gasteiger partial charge in [-0.05, 0) is 18.9 Å². The molecule has 2 aliphatic heterocycles. The Morgan fingerprint density at radius 3 is 2.93 bits per heavy atom. The summed E-state index contributed by atoms with van der Waals surface area (Å²) in [6.07, 6.45) is 8.05. The molecule has 148 valence electrons. The molecule has 2 atom stereocenters. The van der Waals surface area contributed by atoms with Gasteiger partial charge in [-0.3, -0.25) is 14.3 Å². The van der Waals surface area contributed by atoms with E-state index in [1.807, 2.05) is 35.2 Å². The summed E-state index contributed by atoms with van der Waals surface area (Å²) >= 11 is 0. The zero-order valence-electron chi connectivity index (χ0n) is 16.4. The van der Waals surface area contributed by atoms with Gasteiger partial charge in [-0.2, -0.15) is 5.10 Å². The first kappa shape index (κ1) is 18.6. The number of carbonyl (C=O) groups is 2. The Kier molecular flexibility index (Phi) is 5.11. The van der Waals surface area contributed by atoms with Crippen molar-refractivity contribution >= 4 is 11.8 Å². The first-order chi connectivity index (χ1) is 13.5. The van der Waals surface area contributed by atoms with Crippen LogP contribution >= 0.6 is 0 Å². The van der Waals surface area contributed by atoms with Crippen molar-refractivity contribution in [3.8, 4) is 0 Å². The molecule has 0 bridgehead atoms. The van der Waals surface area contributed by atoms with Crippen LogP contribution in [-0.2, 0) is 29.1 Å². The second-order valence-corrected chi connectivity index (χ2v) is 7.71. The van der Waals surface area contributed by atoms with Gasteiger partial charge in [0.05, 0.1) is 24.2 Å². The van der Waals surface area contributed by atoms with Crippen LogP contribution in [0.4, 0.5) is 0 Å². The van der Waals surface area contributed by atoms with Gasteiger partial charge in [0.1, 0.15) is 0 Å². The number of rotatable bonds is 4. The maximum Gasteiger partial charge on any atom is 0.227 e. The zero-order valence-corrected chi connectivity index (χ0v) is 16.4. The van der Waals surface area contributed by atoms with Crippen molar-refractivity contribution in [3.63, 3.8) is 0 Å². The monoisotopic (exact) mass is 382 g/mol. The van der Waals surface area contributed by atoms with E-state index in [2.05, 4.69) is 10.1 Å². The van der Waals surface area contributed by atoms with Crippen LogP contribution in [0.5, 0.6) is 0 Å². The van der Waals surface area contributed by atoms with Gasteiger partial charge in [0.2, 0.25) is 11.8 Å². The Hall–Kier alpha value is -2.77. The molecule has 0 aliphatic carbocycles. The molecule has 4 heterocycles. The average Bonchev–Trinajstić information content (AvgIpc) is 3.38. The molecule has 0 spiro atoms. The molecule has 8 heteroatoms. The van der Waals surface area contributed by atoms with Crippen molar-refractivity contribution in [1.29, 1.82) is 0 Å². The fourth-order valence-electron chi connectivity index (χ4n) is 4.17. The summed E-state index contributed by atoms with van der Waals surface area (Å²) in [7, 11) is 0. The summed E-state index contributed by atoms with van der Waals surface area (Å²) in [5, 5.41) is 4.18. The van der Waals surface area contributed by atoms with Crippen LogP contribution in [0.3, 0.4) is 0 Å². The second kappa shape index (κ2) is 7.69. The van der Waals surface area contributed by atoms with Crippen molar-refractivity contribution in [3.05, 3.63) is 41.7 Å². The van der Waals surface area contributed by atoms with Gasteiger partial charge >= 0.3 is 0 Å². The first-order valence-electron chi connectivity index (χ1n) is 9.91. The Labute approximate surface area is 164 Å². The Morgan fingerprint density at radius 2 is 2.18 bits per heavy atom. The van der Waals surface area contributed by atoms with Crippen LogP contribution in [0.2, 0.25) is 0 Å². The van der Waals surface area contributed by atoms with E-state index in [9.17, 15) is 9.59 Å². The Morgan fingerprint density at radius 1 is 1.32 bits per heavy atom. The maximum atomic E-state index is 12.8. The SMILES string of the molecule is CC(=O)N1CCCC1c1ncc2c(n1)CCN(C(=O)C(C)Cn1cccn1)C2. The minimum Gasteiger partial charge on any atom is -0.338 e. The topological polar surface area (TPSA) is 84.2 Å². The number of likely N-dealkylation sites (tertiary alicyclic amines) is 1. The Balaban J connectivity index is 1.44. The van der Waals surface area contributed by atoms with Crippen molar-refractivity contribution in [1.82, 2.24) is 29.5 Å². The fraction of sp³-hybridized carbons (Fsp3) is 0.550. The number of nitrogens with zero attached hydrogens (tertiary/aromatic N) is 6. The Bertz CT molecular complexity index is 866. The van der Waals surface area contributed by atoms with Crippen LogP contribution in [0.15, 0.2) is 24.7 Å². The summed E-state index contributed by atoms with van der Waals surface area (Å²) in [4.78, 5) is 37.7. The van der Waals surface area contributed by atoms with Crippen molar-refractivity contribution in [2.45, 2.75) is 52.2 Å². The molecule has 0 N–H and O–H groups in total. The first-order valence-corrected chi connectivity index (χ1v) is 9.91. The predicted octanol–water partition coefficient (Wildman–Crippen LogP) is 1.58. The van der Waals surface area contributed by atoms with Gasteiger partial charge in [-0.15, -0.1) is 0 Å². The van der Waals surface area contributed by atoms with Crippen molar-refractivity contribution in [2.75, 3.05) is 13.1 Å². The molecule has 2 aromatic rings. The van der Waals surface area contributed by atoms with Crippen molar-refractivity contribution in [2.24, 2.45) is 5.92 Å². The number of aromatic nitrogens is 4. The molecule has 0 aromatic carbocycles. The standard InChI is InChI=1S/C20H26N6O2/c1-14(12-25-8-4-7-22-25)20(28)24-10-6-17-16(13-24)11-21-19(23-17)18-5-3-9-26(18)15(2)27/h4,7-8,11,14,18H,3,5-6,9-10,12-13H2,1-2H3. The lowest BCUT2D eigenvalue weighted by atomic mass is 10.0. The molecule has 2 aromatic heterocycles. The quantitative estimate of drug-likeness (QED) is 0.802. The van der Waals surface area contributed by atoms with Crippen molar-refractivity contribution < 1.29 is 9.59 Å². The lowest BCUT2D eigenvalue weighted by Crippen LogP contribution is -2.40. The summed E-state index contributed by atoms with van der Waals surface area (Å²) in [5.41, 5.74) is 2.01. The second-order valence-electron chi connectivity index (χ2n) is 7.71. The lowest BCUT2D eigenvalue weighted by Gasteiger charge is -2.31. The third-order valence-electron chi connectivity index (χ3n) is 5.66. The highest BCUT2D eigenvalue weighted by Gasteiger charge is 2.32. The number of fused-ring (bicyclic) bond motifs is 1. The fourth-order valence-corrected chi connectivity index (χ4v) is 4.17. The minimum atomic E-state index is -0.135. The molecular weight excluding hydrogens is 356 g/mol. The predicted molar refractivity (Wildman–Crippen MR) is 102 cm³/mol. The van der Waals surface area contributed by atoms with E-state index < -0.39 is 0 Å². The van der Waals surface area contributed by atoms with Gasteiger partial charge in [0, 0.05) is 57.1 Å². The average molecular weight is 382 g/mol. The lowest BCUT2D eigenvalue weighted by molar-refractivity contribution is -0.136. The molecule has 2 amide bonds. The normalized spacial score (nSPS) is 20.1. The number of carbonyl (C=O) groups excluding carboxylic acids is 2. The maximum absolute atomic E-state index is 12.8. The van der Waals surface area contributed by atoms with Crippen LogP contribution in [0, 0.1) is 5.92 Å². The van der Waals surface area contributed by atoms with Gasteiger partial charge < -0.3 is 9.80 Å². The highest BCUT2D eigenvalue weighted by atomic mass is 16.2. The smallest absolute Gasteiger partial charge is 0.227 e. The van der Waals surface area contributed by atoms with Gasteiger partial charge in [0.15, 0.2) is 5.82 Å². The molecule has 0 saturated carbocycles. The molecule has 1 fully saturated rings. The number of hydrogen-bond acceptors (Lipinski definition) is 5. The van der Waals surface area contributed by atoms with Crippen LogP contribution < -0.4 is 0 Å². The van der Waals surface area contributed by atoms with Crippen LogP contribution in [0.1, 0.15) is 49.8 Å². The zero-order chi connectivity index (χ0) is 19.7. The summed E-state index contributed by atoms with van der Waals surface area (Å²) in [5.74, 6) is 0.804. The third-order valence-corrected chi connectivity index (χ3v) is 5.66. The van der Waals surface area contributed by atoms with Crippen LogP contribution in [-0.4, -0.2) is 54.5 Å². The summed E-state index contributed by atoms with van der Waals surface area (Å²) in [6, 6.07) is 1.84. The minimum absolute atomic E-state index is 0.0171. The molecule has 4 rings (SSSR count). The molecule has 2 aliphatic rings. The van der Waals surface area contributed by atoms with Gasteiger partial charge in [-0.25, -0.2) is 9.97 Å². The van der Waals surface area contributed by atoms with E-state index in [1.54, 1.807) is 17.8 Å². The molecule has 8 nitrogen and oxygen atoms in total. The summed E-state index contributed by atoms with van der Waals surface area (Å²) in [6.45, 7) is 6.09. The van der Waals surface area contributed by atoms with E-state index in [0.717, 1.165) is 42.9 Å². The highest BCUT2D eigenvalue weighted by molar-refractivity contribution is 5.78. The van der Waals surface area contributed by atoms with Gasteiger partial charge in [0.25, 0.3) is 0 Å². The third kappa shape index (κ3) is 3.63. The molecule has 2 unspecified atom stereocenters. The van der Waals surface area contributed by atoms with Gasteiger partial charge in [-0.1, -0.05) is 6.92 Å². The molecular formula is C20H26N6O2. The molecule has 0 radical (unpaired) electrons. The summed E-state index contributed by atoms with van der Waals surface area (Å²) < 4.78 is 1.79. The van der Waals surface area contributed by atoms with E-state index in [4.69, 9.17) is 4.98 Å². The highest BCUT2D eigenvalue weighted by Crippen LogP contribution is 2.30.